The van der Waals surface area contributed by atoms with Crippen LogP contribution in [0.3, 0.4) is 0 Å². The fourth-order valence-electron chi connectivity index (χ4n) is 3.09. The number of carbonyl (C=O) groups is 1. The summed E-state index contributed by atoms with van der Waals surface area (Å²) in [5.74, 6) is 0.904. The fourth-order valence-corrected chi connectivity index (χ4v) is 3.09. The average molecular weight is 324 g/mol. The predicted octanol–water partition coefficient (Wildman–Crippen LogP) is 2.81. The molecule has 2 aromatic rings. The van der Waals surface area contributed by atoms with Gasteiger partial charge in [-0.05, 0) is 42.7 Å². The molecule has 1 aliphatic heterocycles. The zero-order valence-electron chi connectivity index (χ0n) is 14.1. The van der Waals surface area contributed by atoms with Gasteiger partial charge in [-0.25, -0.2) is 0 Å². The van der Waals surface area contributed by atoms with Gasteiger partial charge in [0.1, 0.15) is 5.75 Å². The largest absolute Gasteiger partial charge is 0.494 e. The highest BCUT2D eigenvalue weighted by molar-refractivity contribution is 5.78. The number of amides is 1. The Hall–Kier alpha value is -2.49. The molecule has 24 heavy (non-hydrogen) atoms. The molecule has 4 nitrogen and oxygen atoms in total. The molecule has 0 fully saturated rings. The van der Waals surface area contributed by atoms with Crippen LogP contribution >= 0.6 is 0 Å². The third-order valence-corrected chi connectivity index (χ3v) is 4.29. The van der Waals surface area contributed by atoms with Gasteiger partial charge in [0.25, 0.3) is 0 Å². The van der Waals surface area contributed by atoms with Crippen molar-refractivity contribution in [1.29, 1.82) is 0 Å². The van der Waals surface area contributed by atoms with Crippen LogP contribution in [0.15, 0.2) is 48.5 Å². The third kappa shape index (κ3) is 4.07. The molecule has 0 unspecified atom stereocenters. The molecule has 0 aliphatic carbocycles. The Balaban J connectivity index is 1.43. The summed E-state index contributed by atoms with van der Waals surface area (Å²) in [4.78, 5) is 14.4. The van der Waals surface area contributed by atoms with Crippen molar-refractivity contribution < 1.29 is 9.53 Å². The zero-order chi connectivity index (χ0) is 16.8. The number of ether oxygens (including phenoxy) is 1. The minimum Gasteiger partial charge on any atom is -0.494 e. The van der Waals surface area contributed by atoms with E-state index in [1.807, 2.05) is 31.2 Å². The molecule has 1 amide bonds. The second-order valence-corrected chi connectivity index (χ2v) is 5.97. The monoisotopic (exact) mass is 324 g/mol. The van der Waals surface area contributed by atoms with Crippen molar-refractivity contribution in [3.05, 3.63) is 59.7 Å². The second kappa shape index (κ2) is 7.86. The molecule has 1 heterocycles. The molecule has 0 saturated carbocycles. The van der Waals surface area contributed by atoms with Crippen molar-refractivity contribution in [3.8, 4) is 5.75 Å². The minimum atomic E-state index is 0.0617. The lowest BCUT2D eigenvalue weighted by Crippen LogP contribution is -2.34. The normalized spacial score (nSPS) is 12.8. The van der Waals surface area contributed by atoms with E-state index in [1.54, 1.807) is 0 Å². The number of hydrogen-bond acceptors (Lipinski definition) is 3. The molecule has 0 atom stereocenters. The van der Waals surface area contributed by atoms with Crippen LogP contribution in [0.1, 0.15) is 18.1 Å². The lowest BCUT2D eigenvalue weighted by atomic mass is 10.1. The van der Waals surface area contributed by atoms with Gasteiger partial charge in [-0.15, -0.1) is 0 Å². The van der Waals surface area contributed by atoms with E-state index in [2.05, 4.69) is 34.5 Å². The van der Waals surface area contributed by atoms with Crippen molar-refractivity contribution >= 4 is 11.6 Å². The number of rotatable bonds is 7. The van der Waals surface area contributed by atoms with Crippen LogP contribution in [0, 0.1) is 0 Å². The number of para-hydroxylation sites is 1. The van der Waals surface area contributed by atoms with Gasteiger partial charge in [0, 0.05) is 25.3 Å². The third-order valence-electron chi connectivity index (χ3n) is 4.29. The first-order valence-electron chi connectivity index (χ1n) is 8.57. The number of hydrogen-bond donors (Lipinski definition) is 1. The van der Waals surface area contributed by atoms with Gasteiger partial charge in [0.15, 0.2) is 0 Å². The molecule has 0 radical (unpaired) electrons. The molecule has 126 valence electrons. The summed E-state index contributed by atoms with van der Waals surface area (Å²) in [5.41, 5.74) is 3.71. The summed E-state index contributed by atoms with van der Waals surface area (Å²) in [7, 11) is 0. The lowest BCUT2D eigenvalue weighted by molar-refractivity contribution is -0.120. The van der Waals surface area contributed by atoms with Crippen molar-refractivity contribution in [2.24, 2.45) is 0 Å². The van der Waals surface area contributed by atoms with E-state index < -0.39 is 0 Å². The van der Waals surface area contributed by atoms with E-state index in [4.69, 9.17) is 4.74 Å². The highest BCUT2D eigenvalue weighted by Gasteiger charge is 2.17. The quantitative estimate of drug-likeness (QED) is 0.851. The van der Waals surface area contributed by atoms with E-state index >= 15 is 0 Å². The predicted molar refractivity (Wildman–Crippen MR) is 96.7 cm³/mol. The maximum Gasteiger partial charge on any atom is 0.224 e. The van der Waals surface area contributed by atoms with E-state index in [1.165, 1.54) is 11.3 Å². The Labute approximate surface area is 143 Å². The lowest BCUT2D eigenvalue weighted by Gasteiger charge is -2.19. The van der Waals surface area contributed by atoms with Crippen molar-refractivity contribution in [3.63, 3.8) is 0 Å². The topological polar surface area (TPSA) is 41.6 Å². The van der Waals surface area contributed by atoms with E-state index in [0.29, 0.717) is 19.6 Å². The summed E-state index contributed by atoms with van der Waals surface area (Å²) >= 11 is 0. The summed E-state index contributed by atoms with van der Waals surface area (Å²) in [6.45, 7) is 5.17. The van der Waals surface area contributed by atoms with Crippen LogP contribution in [-0.2, 0) is 17.6 Å². The van der Waals surface area contributed by atoms with Gasteiger partial charge in [-0.2, -0.15) is 0 Å². The first kappa shape index (κ1) is 16.4. The summed E-state index contributed by atoms with van der Waals surface area (Å²) in [6, 6.07) is 16.2. The summed E-state index contributed by atoms with van der Waals surface area (Å²) in [5, 5.41) is 3.02. The Kier molecular flexibility index (Phi) is 5.36. The van der Waals surface area contributed by atoms with Gasteiger partial charge in [-0.3, -0.25) is 4.79 Å². The minimum absolute atomic E-state index is 0.0617. The van der Waals surface area contributed by atoms with Crippen molar-refractivity contribution in [2.45, 2.75) is 19.8 Å². The smallest absolute Gasteiger partial charge is 0.224 e. The highest BCUT2D eigenvalue weighted by Crippen LogP contribution is 2.26. The maximum absolute atomic E-state index is 12.1. The number of nitrogens with zero attached hydrogens (tertiary/aromatic N) is 1. The Morgan fingerprint density at radius 2 is 1.96 bits per heavy atom. The molecule has 0 saturated heterocycles. The number of anilines is 1. The summed E-state index contributed by atoms with van der Waals surface area (Å²) < 4.78 is 5.41. The standard InChI is InChI=1S/C20H24N2O2/c1-2-24-18-9-7-16(8-10-18)15-20(23)21-12-14-22-13-11-17-5-3-4-6-19(17)22/h3-10H,2,11-15H2,1H3,(H,21,23). The molecule has 0 aromatic heterocycles. The van der Waals surface area contributed by atoms with Crippen molar-refractivity contribution in [1.82, 2.24) is 5.32 Å². The molecule has 0 spiro atoms. The van der Waals surface area contributed by atoms with E-state index in [0.717, 1.165) is 30.8 Å². The molecule has 3 rings (SSSR count). The van der Waals surface area contributed by atoms with Crippen molar-refractivity contribution in [2.75, 3.05) is 31.1 Å². The van der Waals surface area contributed by atoms with Crippen LogP contribution in [0.2, 0.25) is 0 Å². The number of benzene rings is 2. The first-order valence-corrected chi connectivity index (χ1v) is 8.57. The number of fused-ring (bicyclic) bond motifs is 1. The van der Waals surface area contributed by atoms with Gasteiger partial charge in [-0.1, -0.05) is 30.3 Å². The first-order chi connectivity index (χ1) is 11.8. The molecular weight excluding hydrogens is 300 g/mol. The fraction of sp³-hybridized carbons (Fsp3) is 0.350. The van der Waals surface area contributed by atoms with Crippen LogP contribution < -0.4 is 15.0 Å². The Morgan fingerprint density at radius 3 is 2.75 bits per heavy atom. The van der Waals surface area contributed by atoms with Gasteiger partial charge >= 0.3 is 0 Å². The van der Waals surface area contributed by atoms with Crippen LogP contribution in [0.4, 0.5) is 5.69 Å². The molecule has 2 aromatic carbocycles. The van der Waals surface area contributed by atoms with Crippen LogP contribution in [0.5, 0.6) is 5.75 Å². The maximum atomic E-state index is 12.1. The zero-order valence-corrected chi connectivity index (χ0v) is 14.1. The SMILES string of the molecule is CCOc1ccc(CC(=O)NCCN2CCc3ccccc32)cc1. The van der Waals surface area contributed by atoms with Crippen LogP contribution in [-0.4, -0.2) is 32.1 Å². The Morgan fingerprint density at radius 1 is 1.17 bits per heavy atom. The van der Waals surface area contributed by atoms with E-state index in [-0.39, 0.29) is 5.91 Å². The second-order valence-electron chi connectivity index (χ2n) is 5.97. The average Bonchev–Trinajstić information content (AvgIpc) is 3.00. The molecule has 0 bridgehead atoms. The highest BCUT2D eigenvalue weighted by atomic mass is 16.5. The van der Waals surface area contributed by atoms with Crippen LogP contribution in [0.25, 0.3) is 0 Å². The molecule has 4 heteroatoms. The van der Waals surface area contributed by atoms with Gasteiger partial charge in [0.05, 0.1) is 13.0 Å². The molecular formula is C20H24N2O2. The van der Waals surface area contributed by atoms with Gasteiger partial charge in [0.2, 0.25) is 5.91 Å². The number of carbonyl (C=O) groups excluding carboxylic acids is 1. The molecule has 1 N–H and O–H groups in total. The Bertz CT molecular complexity index is 682. The number of nitrogens with one attached hydrogen (secondary N) is 1. The summed E-state index contributed by atoms with van der Waals surface area (Å²) in [6.07, 6.45) is 1.50. The molecule has 1 aliphatic rings. The van der Waals surface area contributed by atoms with Gasteiger partial charge < -0.3 is 15.0 Å². The van der Waals surface area contributed by atoms with E-state index in [9.17, 15) is 4.79 Å².